The van der Waals surface area contributed by atoms with Crippen LogP contribution in [0.3, 0.4) is 0 Å². The molecule has 2 rings (SSSR count). The van der Waals surface area contributed by atoms with E-state index in [4.69, 9.17) is 4.42 Å². The Morgan fingerprint density at radius 3 is 2.94 bits per heavy atom. The Hall–Kier alpha value is -2.11. The zero-order valence-corrected chi connectivity index (χ0v) is 10.4. The summed E-state index contributed by atoms with van der Waals surface area (Å²) >= 11 is 0. The third-order valence-corrected chi connectivity index (χ3v) is 2.72. The fourth-order valence-electron chi connectivity index (χ4n) is 1.60. The number of nitrogens with one attached hydrogen (secondary N) is 1. The van der Waals surface area contributed by atoms with Crippen LogP contribution >= 0.6 is 0 Å². The Morgan fingerprint density at radius 1 is 1.56 bits per heavy atom. The van der Waals surface area contributed by atoms with E-state index < -0.39 is 0 Å². The van der Waals surface area contributed by atoms with Gasteiger partial charge in [-0.25, -0.2) is 4.98 Å². The van der Waals surface area contributed by atoms with E-state index in [1.165, 1.54) is 12.6 Å². The predicted octanol–water partition coefficient (Wildman–Crippen LogP) is 1.33. The highest BCUT2D eigenvalue weighted by Crippen LogP contribution is 2.07. The minimum absolute atomic E-state index is 0.0238. The molecule has 0 spiro atoms. The highest BCUT2D eigenvalue weighted by atomic mass is 16.3. The lowest BCUT2D eigenvalue weighted by Gasteiger charge is -2.21. The van der Waals surface area contributed by atoms with Gasteiger partial charge in [0.05, 0.1) is 18.8 Å². The lowest BCUT2D eigenvalue weighted by molar-refractivity contribution is 0.0891. The molecule has 0 radical (unpaired) electrons. The highest BCUT2D eigenvalue weighted by Gasteiger charge is 2.19. The van der Waals surface area contributed by atoms with Crippen molar-refractivity contribution in [3.8, 4) is 0 Å². The zero-order valence-electron chi connectivity index (χ0n) is 10.4. The van der Waals surface area contributed by atoms with E-state index in [2.05, 4.69) is 15.4 Å². The molecule has 0 aliphatic rings. The molecule has 2 aromatic rings. The molecule has 2 heterocycles. The van der Waals surface area contributed by atoms with Crippen molar-refractivity contribution in [2.75, 3.05) is 0 Å². The maximum atomic E-state index is 11.9. The number of furan rings is 1. The van der Waals surface area contributed by atoms with Gasteiger partial charge in [-0.15, -0.1) is 0 Å². The molecule has 1 unspecified atom stereocenters. The van der Waals surface area contributed by atoms with Crippen LogP contribution in [-0.4, -0.2) is 26.7 Å². The van der Waals surface area contributed by atoms with Crippen LogP contribution in [-0.2, 0) is 6.54 Å². The van der Waals surface area contributed by atoms with E-state index in [9.17, 15) is 4.79 Å². The smallest absolute Gasteiger partial charge is 0.287 e. The van der Waals surface area contributed by atoms with E-state index >= 15 is 0 Å². The minimum Gasteiger partial charge on any atom is -0.459 e. The number of hydrogen-bond donors (Lipinski definition) is 1. The molecule has 6 heteroatoms. The van der Waals surface area contributed by atoms with Gasteiger partial charge in [0, 0.05) is 0 Å². The summed E-state index contributed by atoms with van der Waals surface area (Å²) in [6.45, 7) is 4.68. The highest BCUT2D eigenvalue weighted by molar-refractivity contribution is 5.91. The van der Waals surface area contributed by atoms with Crippen molar-refractivity contribution in [1.82, 2.24) is 20.1 Å². The number of rotatable bonds is 5. The normalized spacial score (nSPS) is 12.6. The summed E-state index contributed by atoms with van der Waals surface area (Å²) in [5.41, 5.74) is 0. The summed E-state index contributed by atoms with van der Waals surface area (Å²) in [6, 6.07) is 3.31. The van der Waals surface area contributed by atoms with Crippen LogP contribution in [0.1, 0.15) is 24.4 Å². The van der Waals surface area contributed by atoms with Crippen LogP contribution < -0.4 is 5.32 Å². The van der Waals surface area contributed by atoms with E-state index in [1.807, 2.05) is 13.8 Å². The van der Waals surface area contributed by atoms with Crippen LogP contribution in [0.2, 0.25) is 0 Å². The van der Waals surface area contributed by atoms with Crippen molar-refractivity contribution in [3.63, 3.8) is 0 Å². The summed E-state index contributed by atoms with van der Waals surface area (Å²) < 4.78 is 6.77. The van der Waals surface area contributed by atoms with Crippen molar-refractivity contribution in [2.24, 2.45) is 5.92 Å². The second kappa shape index (κ2) is 5.48. The molecule has 96 valence electrons. The summed E-state index contributed by atoms with van der Waals surface area (Å²) in [6.07, 6.45) is 4.59. The van der Waals surface area contributed by atoms with Gasteiger partial charge in [-0.3, -0.25) is 9.48 Å². The molecule has 1 atom stereocenters. The van der Waals surface area contributed by atoms with Gasteiger partial charge in [-0.2, -0.15) is 5.10 Å². The molecular formula is C12H16N4O2. The maximum absolute atomic E-state index is 11.9. The molecule has 2 aromatic heterocycles. The Labute approximate surface area is 105 Å². The number of carbonyl (C=O) groups is 1. The van der Waals surface area contributed by atoms with Crippen LogP contribution in [0.15, 0.2) is 35.5 Å². The van der Waals surface area contributed by atoms with Gasteiger partial charge in [-0.05, 0) is 18.1 Å². The molecule has 6 nitrogen and oxygen atoms in total. The standard InChI is InChI=1S/C12H16N4O2/c1-9(2)10(6-16-8-13-7-14-16)15-12(17)11-4-3-5-18-11/h3-5,7-10H,6H2,1-2H3,(H,15,17). The number of amides is 1. The molecule has 0 saturated carbocycles. The lowest BCUT2D eigenvalue weighted by Crippen LogP contribution is -2.41. The molecule has 0 aromatic carbocycles. The van der Waals surface area contributed by atoms with Gasteiger partial charge >= 0.3 is 0 Å². The first-order chi connectivity index (χ1) is 8.66. The first-order valence-corrected chi connectivity index (χ1v) is 5.83. The van der Waals surface area contributed by atoms with Gasteiger partial charge < -0.3 is 9.73 Å². The average Bonchev–Trinajstić information content (AvgIpc) is 3.00. The van der Waals surface area contributed by atoms with Crippen LogP contribution in [0.25, 0.3) is 0 Å². The Bertz CT molecular complexity index is 476. The Morgan fingerprint density at radius 2 is 2.39 bits per heavy atom. The van der Waals surface area contributed by atoms with Gasteiger partial charge in [0.25, 0.3) is 5.91 Å². The van der Waals surface area contributed by atoms with Crippen molar-refractivity contribution in [3.05, 3.63) is 36.8 Å². The van der Waals surface area contributed by atoms with Crippen molar-refractivity contribution >= 4 is 5.91 Å². The number of hydrogen-bond acceptors (Lipinski definition) is 4. The summed E-state index contributed by atoms with van der Waals surface area (Å²) in [4.78, 5) is 15.8. The summed E-state index contributed by atoms with van der Waals surface area (Å²) in [5, 5.41) is 6.98. The first kappa shape index (κ1) is 12.3. The van der Waals surface area contributed by atoms with Gasteiger partial charge in [0.15, 0.2) is 5.76 Å². The summed E-state index contributed by atoms with van der Waals surface area (Å²) in [7, 11) is 0. The molecule has 0 aliphatic heterocycles. The summed E-state index contributed by atoms with van der Waals surface area (Å²) in [5.74, 6) is 0.395. The number of nitrogens with zero attached hydrogens (tertiary/aromatic N) is 3. The third kappa shape index (κ3) is 2.97. The second-order valence-corrected chi connectivity index (χ2v) is 4.42. The van der Waals surface area contributed by atoms with Crippen LogP contribution in [0.5, 0.6) is 0 Å². The van der Waals surface area contributed by atoms with Crippen molar-refractivity contribution < 1.29 is 9.21 Å². The van der Waals surface area contributed by atoms with Crippen molar-refractivity contribution in [1.29, 1.82) is 0 Å². The fraction of sp³-hybridized carbons (Fsp3) is 0.417. The largest absolute Gasteiger partial charge is 0.459 e. The predicted molar refractivity (Wildman–Crippen MR) is 64.8 cm³/mol. The third-order valence-electron chi connectivity index (χ3n) is 2.72. The first-order valence-electron chi connectivity index (χ1n) is 5.83. The SMILES string of the molecule is CC(C)C(Cn1cncn1)NC(=O)c1ccco1. The molecule has 0 aliphatic carbocycles. The molecular weight excluding hydrogens is 232 g/mol. The monoisotopic (exact) mass is 248 g/mol. The van der Waals surface area contributed by atoms with Gasteiger partial charge in [-0.1, -0.05) is 13.8 Å². The molecule has 1 N–H and O–H groups in total. The second-order valence-electron chi connectivity index (χ2n) is 4.42. The molecule has 1 amide bonds. The lowest BCUT2D eigenvalue weighted by atomic mass is 10.0. The van der Waals surface area contributed by atoms with Gasteiger partial charge in [0.1, 0.15) is 12.7 Å². The van der Waals surface area contributed by atoms with E-state index in [1.54, 1.807) is 23.1 Å². The average molecular weight is 248 g/mol. The number of aromatic nitrogens is 3. The van der Waals surface area contributed by atoms with Crippen LogP contribution in [0.4, 0.5) is 0 Å². The topological polar surface area (TPSA) is 73.0 Å². The quantitative estimate of drug-likeness (QED) is 0.866. The van der Waals surface area contributed by atoms with E-state index in [-0.39, 0.29) is 17.9 Å². The zero-order chi connectivity index (χ0) is 13.0. The Balaban J connectivity index is 2.00. The number of carbonyl (C=O) groups excluding carboxylic acids is 1. The molecule has 0 fully saturated rings. The van der Waals surface area contributed by atoms with Gasteiger partial charge in [0.2, 0.25) is 0 Å². The van der Waals surface area contributed by atoms with Crippen LogP contribution in [0, 0.1) is 5.92 Å². The molecule has 0 saturated heterocycles. The van der Waals surface area contributed by atoms with E-state index in [0.29, 0.717) is 12.3 Å². The van der Waals surface area contributed by atoms with Crippen molar-refractivity contribution in [2.45, 2.75) is 26.4 Å². The molecule has 0 bridgehead atoms. The maximum Gasteiger partial charge on any atom is 0.287 e. The van der Waals surface area contributed by atoms with E-state index in [0.717, 1.165) is 0 Å². The fourth-order valence-corrected chi connectivity index (χ4v) is 1.60. The molecule has 18 heavy (non-hydrogen) atoms. The minimum atomic E-state index is -0.209. The Kier molecular flexibility index (Phi) is 3.76.